The summed E-state index contributed by atoms with van der Waals surface area (Å²) in [5, 5.41) is 10.5. The first kappa shape index (κ1) is 18.7. The van der Waals surface area contributed by atoms with E-state index in [0.29, 0.717) is 13.2 Å². The van der Waals surface area contributed by atoms with E-state index in [1.54, 1.807) is 7.11 Å². The topological polar surface area (TPSA) is 32.7 Å². The molecule has 2 atom stereocenters. The summed E-state index contributed by atoms with van der Waals surface area (Å²) in [4.78, 5) is 2.32. The molecule has 2 rings (SSSR count). The van der Waals surface area contributed by atoms with Gasteiger partial charge < -0.3 is 9.84 Å². The number of methoxy groups -OCH3 is 1. The fourth-order valence-electron chi connectivity index (χ4n) is 2.82. The Morgan fingerprint density at radius 3 is 2.08 bits per heavy atom. The molecule has 0 amide bonds. The van der Waals surface area contributed by atoms with Crippen molar-refractivity contribution in [3.8, 4) is 0 Å². The molecule has 0 aliphatic carbocycles. The number of aliphatic hydroxyl groups is 1. The Labute approximate surface area is 145 Å². The Hall–Kier alpha value is -1.68. The van der Waals surface area contributed by atoms with Gasteiger partial charge in [0, 0.05) is 20.2 Å². The lowest BCUT2D eigenvalue weighted by Crippen LogP contribution is -2.39. The van der Waals surface area contributed by atoms with Crippen molar-refractivity contribution in [2.75, 3.05) is 20.3 Å². The van der Waals surface area contributed by atoms with E-state index in [1.165, 1.54) is 11.1 Å². The van der Waals surface area contributed by atoms with Crippen molar-refractivity contribution in [1.82, 2.24) is 4.90 Å². The van der Waals surface area contributed by atoms with Gasteiger partial charge in [0.1, 0.15) is 0 Å². The quantitative estimate of drug-likeness (QED) is 0.758. The van der Waals surface area contributed by atoms with Gasteiger partial charge in [-0.15, -0.1) is 0 Å². The predicted molar refractivity (Wildman–Crippen MR) is 98.8 cm³/mol. The summed E-state index contributed by atoms with van der Waals surface area (Å²) in [6.45, 7) is 6.11. The number of hydrogen-bond acceptors (Lipinski definition) is 3. The molecule has 0 saturated carbocycles. The summed E-state index contributed by atoms with van der Waals surface area (Å²) in [5.41, 5.74) is 2.46. The van der Waals surface area contributed by atoms with Crippen LogP contribution < -0.4 is 0 Å². The number of hydrogen-bond donors (Lipinski definition) is 1. The molecule has 130 valence electrons. The smallest absolute Gasteiger partial charge is 0.0690 e. The van der Waals surface area contributed by atoms with Crippen LogP contribution in [0.1, 0.15) is 31.0 Å². The second-order valence-corrected chi connectivity index (χ2v) is 6.61. The molecule has 0 saturated heterocycles. The number of rotatable bonds is 9. The van der Waals surface area contributed by atoms with Crippen molar-refractivity contribution in [2.24, 2.45) is 5.92 Å². The molecule has 0 aliphatic heterocycles. The van der Waals surface area contributed by atoms with Crippen LogP contribution in [-0.2, 0) is 11.3 Å². The van der Waals surface area contributed by atoms with Crippen LogP contribution in [0.4, 0.5) is 0 Å². The third-order valence-electron chi connectivity index (χ3n) is 4.37. The molecule has 0 aliphatic rings. The Morgan fingerprint density at radius 2 is 1.54 bits per heavy atom. The molecule has 2 aromatic carbocycles. The van der Waals surface area contributed by atoms with Gasteiger partial charge in [-0.2, -0.15) is 0 Å². The minimum atomic E-state index is -0.364. The minimum absolute atomic E-state index is 0.116. The van der Waals surface area contributed by atoms with Crippen LogP contribution in [-0.4, -0.2) is 36.4 Å². The first-order valence-corrected chi connectivity index (χ1v) is 8.61. The number of nitrogens with zero attached hydrogens (tertiary/aromatic N) is 1. The Kier molecular flexibility index (Phi) is 7.44. The Balaban J connectivity index is 2.26. The van der Waals surface area contributed by atoms with E-state index < -0.39 is 0 Å². The van der Waals surface area contributed by atoms with E-state index in [9.17, 15) is 5.11 Å². The molecule has 0 fully saturated rings. The van der Waals surface area contributed by atoms with E-state index in [0.717, 1.165) is 6.54 Å². The first-order valence-electron chi connectivity index (χ1n) is 8.61. The molecule has 0 spiro atoms. The van der Waals surface area contributed by atoms with Crippen molar-refractivity contribution in [3.63, 3.8) is 0 Å². The molecule has 24 heavy (non-hydrogen) atoms. The lowest BCUT2D eigenvalue weighted by atomic mass is 10.0. The van der Waals surface area contributed by atoms with Crippen LogP contribution in [0.2, 0.25) is 0 Å². The highest BCUT2D eigenvalue weighted by Gasteiger charge is 2.24. The molecular weight excluding hydrogens is 298 g/mol. The third kappa shape index (κ3) is 5.45. The normalized spacial score (nSPS) is 14.1. The van der Waals surface area contributed by atoms with Gasteiger partial charge in [0.15, 0.2) is 0 Å². The van der Waals surface area contributed by atoms with Crippen LogP contribution in [0.3, 0.4) is 0 Å². The summed E-state index contributed by atoms with van der Waals surface area (Å²) in [5.74, 6) is 0.224. The Morgan fingerprint density at radius 1 is 0.958 bits per heavy atom. The molecule has 0 bridgehead atoms. The lowest BCUT2D eigenvalue weighted by Gasteiger charge is -2.34. The molecule has 0 heterocycles. The highest BCUT2D eigenvalue weighted by molar-refractivity contribution is 5.21. The van der Waals surface area contributed by atoms with E-state index >= 15 is 0 Å². The number of benzene rings is 2. The highest BCUT2D eigenvalue weighted by atomic mass is 16.5. The molecule has 1 N–H and O–H groups in total. The summed E-state index contributed by atoms with van der Waals surface area (Å²) in [6.07, 6.45) is -0.364. The van der Waals surface area contributed by atoms with Gasteiger partial charge in [0.25, 0.3) is 0 Å². The van der Waals surface area contributed by atoms with Crippen LogP contribution in [0.5, 0.6) is 0 Å². The fourth-order valence-corrected chi connectivity index (χ4v) is 2.82. The van der Waals surface area contributed by atoms with E-state index in [-0.39, 0.29) is 18.1 Å². The fraction of sp³-hybridized carbons (Fsp3) is 0.429. The zero-order valence-electron chi connectivity index (χ0n) is 14.9. The van der Waals surface area contributed by atoms with E-state index in [2.05, 4.69) is 67.3 Å². The monoisotopic (exact) mass is 327 g/mol. The minimum Gasteiger partial charge on any atom is -0.392 e. The van der Waals surface area contributed by atoms with Gasteiger partial charge >= 0.3 is 0 Å². The average Bonchev–Trinajstić information content (AvgIpc) is 2.60. The highest BCUT2D eigenvalue weighted by Crippen LogP contribution is 2.24. The van der Waals surface area contributed by atoms with Crippen molar-refractivity contribution in [2.45, 2.75) is 32.5 Å². The van der Waals surface area contributed by atoms with Gasteiger partial charge in [-0.05, 0) is 17.0 Å². The summed E-state index contributed by atoms with van der Waals surface area (Å²) < 4.78 is 5.50. The van der Waals surface area contributed by atoms with Gasteiger partial charge in [-0.3, -0.25) is 4.90 Å². The third-order valence-corrected chi connectivity index (χ3v) is 4.37. The molecule has 0 aromatic heterocycles. The zero-order valence-corrected chi connectivity index (χ0v) is 14.9. The summed E-state index contributed by atoms with van der Waals surface area (Å²) in [6, 6.07) is 20.9. The average molecular weight is 327 g/mol. The molecule has 0 unspecified atom stereocenters. The maximum Gasteiger partial charge on any atom is 0.0690 e. The molecule has 3 nitrogen and oxygen atoms in total. The summed E-state index contributed by atoms with van der Waals surface area (Å²) in [7, 11) is 1.73. The van der Waals surface area contributed by atoms with Crippen LogP contribution in [0.25, 0.3) is 0 Å². The van der Waals surface area contributed by atoms with Gasteiger partial charge in [0.2, 0.25) is 0 Å². The van der Waals surface area contributed by atoms with Crippen LogP contribution in [0.15, 0.2) is 60.7 Å². The van der Waals surface area contributed by atoms with Crippen molar-refractivity contribution in [3.05, 3.63) is 71.8 Å². The largest absolute Gasteiger partial charge is 0.392 e. The lowest BCUT2D eigenvalue weighted by molar-refractivity contribution is 0.0261. The molecule has 3 heteroatoms. The van der Waals surface area contributed by atoms with E-state index in [4.69, 9.17) is 4.74 Å². The van der Waals surface area contributed by atoms with Crippen molar-refractivity contribution < 1.29 is 9.84 Å². The standard InChI is InChI=1S/C21H29NO2/c1-17(2)21(23)15-22(14-18-10-6-4-7-11-18)20(16-24-3)19-12-8-5-9-13-19/h4-13,17,20-21,23H,14-16H2,1-3H3/t20-,21-/m0/s1. The zero-order chi connectivity index (χ0) is 17.4. The molecule has 0 radical (unpaired) electrons. The van der Waals surface area contributed by atoms with Gasteiger partial charge in [0.05, 0.1) is 18.8 Å². The maximum atomic E-state index is 10.5. The number of aliphatic hydroxyl groups excluding tert-OH is 1. The van der Waals surface area contributed by atoms with E-state index in [1.807, 2.05) is 12.1 Å². The number of ether oxygens (including phenoxy) is 1. The van der Waals surface area contributed by atoms with Crippen LogP contribution >= 0.6 is 0 Å². The van der Waals surface area contributed by atoms with Crippen molar-refractivity contribution >= 4 is 0 Å². The van der Waals surface area contributed by atoms with Gasteiger partial charge in [-0.25, -0.2) is 0 Å². The maximum absolute atomic E-state index is 10.5. The van der Waals surface area contributed by atoms with Gasteiger partial charge in [-0.1, -0.05) is 74.5 Å². The first-order chi connectivity index (χ1) is 11.6. The second kappa shape index (κ2) is 9.58. The summed E-state index contributed by atoms with van der Waals surface area (Å²) >= 11 is 0. The second-order valence-electron chi connectivity index (χ2n) is 6.61. The predicted octanol–water partition coefficient (Wildman–Crippen LogP) is 3.89. The van der Waals surface area contributed by atoms with Crippen molar-refractivity contribution in [1.29, 1.82) is 0 Å². The Bertz CT molecular complexity index is 571. The molecular formula is C21H29NO2. The molecule has 2 aromatic rings. The SMILES string of the molecule is COC[C@@H](c1ccccc1)N(Cc1ccccc1)C[C@H](O)C(C)C. The van der Waals surface area contributed by atoms with Crippen LogP contribution in [0, 0.1) is 5.92 Å².